The van der Waals surface area contributed by atoms with E-state index in [0.29, 0.717) is 24.7 Å². The van der Waals surface area contributed by atoms with E-state index in [1.807, 2.05) is 13.8 Å². The summed E-state index contributed by atoms with van der Waals surface area (Å²) < 4.78 is 0. The summed E-state index contributed by atoms with van der Waals surface area (Å²) >= 11 is 0. The van der Waals surface area contributed by atoms with Crippen LogP contribution in [-0.4, -0.2) is 60.0 Å². The van der Waals surface area contributed by atoms with Gasteiger partial charge in [0.1, 0.15) is 5.69 Å². The lowest BCUT2D eigenvalue weighted by atomic mass is 10.1. The van der Waals surface area contributed by atoms with Gasteiger partial charge in [0.05, 0.1) is 0 Å². The van der Waals surface area contributed by atoms with Crippen LogP contribution in [0.1, 0.15) is 35.5 Å². The molecule has 3 rings (SSSR count). The summed E-state index contributed by atoms with van der Waals surface area (Å²) in [6.07, 6.45) is 1.69. The lowest BCUT2D eigenvalue weighted by molar-refractivity contribution is 0.0767. The first-order valence-electron chi connectivity index (χ1n) is 9.73. The van der Waals surface area contributed by atoms with Gasteiger partial charge in [-0.2, -0.15) is 0 Å². The highest BCUT2D eigenvalue weighted by molar-refractivity contribution is 5.92. The minimum absolute atomic E-state index is 0.0299. The molecule has 0 atom stereocenters. The van der Waals surface area contributed by atoms with Gasteiger partial charge in [-0.1, -0.05) is 12.1 Å². The lowest BCUT2D eigenvalue weighted by Crippen LogP contribution is -2.47. The Hall–Kier alpha value is -2.63. The molecule has 6 nitrogen and oxygen atoms in total. The number of carbonyl (C=O) groups is 1. The Balaban J connectivity index is 1.70. The third kappa shape index (κ3) is 4.04. The van der Waals surface area contributed by atoms with Crippen molar-refractivity contribution in [2.24, 2.45) is 0 Å². The molecule has 2 heterocycles. The molecule has 0 bridgehead atoms. The predicted octanol–water partition coefficient (Wildman–Crippen LogP) is 2.90. The van der Waals surface area contributed by atoms with E-state index >= 15 is 0 Å². The van der Waals surface area contributed by atoms with E-state index in [4.69, 9.17) is 0 Å². The molecule has 0 N–H and O–H groups in total. The Bertz CT molecular complexity index is 795. The number of benzene rings is 1. The number of nitrogens with zero attached hydrogens (tertiary/aromatic N) is 5. The molecule has 0 unspecified atom stereocenters. The van der Waals surface area contributed by atoms with Crippen LogP contribution in [0, 0.1) is 13.8 Å². The molecule has 0 spiro atoms. The number of amides is 1. The van der Waals surface area contributed by atoms with Crippen molar-refractivity contribution < 1.29 is 4.79 Å². The first-order valence-corrected chi connectivity index (χ1v) is 9.73. The number of piperazine rings is 1. The van der Waals surface area contributed by atoms with Gasteiger partial charge in [-0.25, -0.2) is 9.97 Å². The maximum absolute atomic E-state index is 12.6. The van der Waals surface area contributed by atoms with Crippen molar-refractivity contribution in [2.75, 3.05) is 49.1 Å². The third-order valence-electron chi connectivity index (χ3n) is 5.39. The van der Waals surface area contributed by atoms with Crippen LogP contribution in [0.25, 0.3) is 0 Å². The number of rotatable bonds is 5. The highest BCUT2D eigenvalue weighted by atomic mass is 16.2. The van der Waals surface area contributed by atoms with Gasteiger partial charge < -0.3 is 14.7 Å². The average molecular weight is 367 g/mol. The summed E-state index contributed by atoms with van der Waals surface area (Å²) in [5.74, 6) is 0.617. The van der Waals surface area contributed by atoms with E-state index in [1.165, 1.54) is 16.8 Å². The van der Waals surface area contributed by atoms with Gasteiger partial charge in [0.25, 0.3) is 5.91 Å². The molecule has 144 valence electrons. The van der Waals surface area contributed by atoms with Crippen LogP contribution in [0.5, 0.6) is 0 Å². The third-order valence-corrected chi connectivity index (χ3v) is 5.39. The van der Waals surface area contributed by atoms with Crippen LogP contribution in [0.2, 0.25) is 0 Å². The fourth-order valence-corrected chi connectivity index (χ4v) is 3.52. The minimum atomic E-state index is -0.0299. The van der Waals surface area contributed by atoms with Gasteiger partial charge >= 0.3 is 0 Å². The van der Waals surface area contributed by atoms with Gasteiger partial charge in [-0.05, 0) is 51.0 Å². The van der Waals surface area contributed by atoms with Gasteiger partial charge in [-0.3, -0.25) is 4.79 Å². The second-order valence-corrected chi connectivity index (χ2v) is 6.91. The molecular weight excluding hydrogens is 338 g/mol. The van der Waals surface area contributed by atoms with E-state index in [9.17, 15) is 4.79 Å². The molecule has 1 aliphatic rings. The van der Waals surface area contributed by atoms with Gasteiger partial charge in [0.15, 0.2) is 0 Å². The fraction of sp³-hybridized carbons (Fsp3) is 0.476. The first kappa shape index (κ1) is 19.1. The monoisotopic (exact) mass is 367 g/mol. The van der Waals surface area contributed by atoms with Crippen LogP contribution in [0.15, 0.2) is 30.5 Å². The van der Waals surface area contributed by atoms with Crippen molar-refractivity contribution >= 4 is 17.5 Å². The Morgan fingerprint density at radius 2 is 1.70 bits per heavy atom. The van der Waals surface area contributed by atoms with Crippen molar-refractivity contribution in [1.82, 2.24) is 14.9 Å². The smallest absolute Gasteiger partial charge is 0.272 e. The number of hydrogen-bond acceptors (Lipinski definition) is 5. The van der Waals surface area contributed by atoms with Gasteiger partial charge in [-0.15, -0.1) is 0 Å². The highest BCUT2D eigenvalue weighted by Crippen LogP contribution is 2.24. The summed E-state index contributed by atoms with van der Waals surface area (Å²) in [6, 6.07) is 8.17. The molecule has 1 fully saturated rings. The molecule has 27 heavy (non-hydrogen) atoms. The number of hydrogen-bond donors (Lipinski definition) is 0. The van der Waals surface area contributed by atoms with E-state index in [2.05, 4.69) is 51.8 Å². The maximum atomic E-state index is 12.6. The summed E-state index contributed by atoms with van der Waals surface area (Å²) in [5, 5.41) is 0. The van der Waals surface area contributed by atoms with Crippen molar-refractivity contribution in [3.63, 3.8) is 0 Å². The predicted molar refractivity (Wildman–Crippen MR) is 110 cm³/mol. The SMILES string of the molecule is CCN(CC)C(=O)c1ccnc(N2CCN(c3cccc(C)c3C)CC2)n1. The maximum Gasteiger partial charge on any atom is 0.272 e. The number of aromatic nitrogens is 2. The highest BCUT2D eigenvalue weighted by Gasteiger charge is 2.22. The van der Waals surface area contributed by atoms with Crippen molar-refractivity contribution in [3.05, 3.63) is 47.3 Å². The second-order valence-electron chi connectivity index (χ2n) is 6.91. The Morgan fingerprint density at radius 1 is 1.04 bits per heavy atom. The molecule has 1 amide bonds. The van der Waals surface area contributed by atoms with Crippen LogP contribution in [0.3, 0.4) is 0 Å². The summed E-state index contributed by atoms with van der Waals surface area (Å²) in [7, 11) is 0. The zero-order valence-electron chi connectivity index (χ0n) is 16.8. The van der Waals surface area contributed by atoms with Crippen LogP contribution >= 0.6 is 0 Å². The molecular formula is C21H29N5O. The van der Waals surface area contributed by atoms with E-state index < -0.39 is 0 Å². The normalized spacial score (nSPS) is 14.4. The Kier molecular flexibility index (Phi) is 5.94. The van der Waals surface area contributed by atoms with E-state index in [1.54, 1.807) is 17.2 Å². The largest absolute Gasteiger partial charge is 0.368 e. The molecule has 1 aromatic carbocycles. The van der Waals surface area contributed by atoms with Crippen LogP contribution in [-0.2, 0) is 0 Å². The standard InChI is InChI=1S/C21H29N5O/c1-5-24(6-2)20(27)18-10-11-22-21(23-18)26-14-12-25(13-15-26)19-9-7-8-16(3)17(19)4/h7-11H,5-6,12-15H2,1-4H3. The topological polar surface area (TPSA) is 52.6 Å². The summed E-state index contributed by atoms with van der Waals surface area (Å²) in [5.41, 5.74) is 4.44. The average Bonchev–Trinajstić information content (AvgIpc) is 2.71. The van der Waals surface area contributed by atoms with Crippen LogP contribution in [0.4, 0.5) is 11.6 Å². The molecule has 0 radical (unpaired) electrons. The number of carbonyl (C=O) groups excluding carboxylic acids is 1. The minimum Gasteiger partial charge on any atom is -0.368 e. The van der Waals surface area contributed by atoms with E-state index in [-0.39, 0.29) is 5.91 Å². The van der Waals surface area contributed by atoms with Crippen molar-refractivity contribution in [1.29, 1.82) is 0 Å². The molecule has 6 heteroatoms. The van der Waals surface area contributed by atoms with E-state index in [0.717, 1.165) is 26.2 Å². The Morgan fingerprint density at radius 3 is 2.37 bits per heavy atom. The van der Waals surface area contributed by atoms with Crippen LogP contribution < -0.4 is 9.80 Å². The molecule has 1 aromatic heterocycles. The molecule has 1 saturated heterocycles. The zero-order chi connectivity index (χ0) is 19.4. The van der Waals surface area contributed by atoms with Crippen molar-refractivity contribution in [3.8, 4) is 0 Å². The summed E-state index contributed by atoms with van der Waals surface area (Å²) in [6.45, 7) is 13.2. The van der Waals surface area contributed by atoms with Gasteiger partial charge in [0.2, 0.25) is 5.95 Å². The lowest BCUT2D eigenvalue weighted by Gasteiger charge is -2.37. The van der Waals surface area contributed by atoms with Gasteiger partial charge in [0, 0.05) is 51.2 Å². The number of aryl methyl sites for hydroxylation is 1. The van der Waals surface area contributed by atoms with Crippen molar-refractivity contribution in [2.45, 2.75) is 27.7 Å². The Labute approximate surface area is 161 Å². The first-order chi connectivity index (χ1) is 13.0. The number of anilines is 2. The molecule has 0 aliphatic carbocycles. The summed E-state index contributed by atoms with van der Waals surface area (Å²) in [4.78, 5) is 27.9. The molecule has 1 aliphatic heterocycles. The fourth-order valence-electron chi connectivity index (χ4n) is 3.52. The molecule has 2 aromatic rings. The zero-order valence-corrected chi connectivity index (χ0v) is 16.8. The quantitative estimate of drug-likeness (QED) is 0.813. The second kappa shape index (κ2) is 8.37. The molecule has 0 saturated carbocycles.